The van der Waals surface area contributed by atoms with Gasteiger partial charge in [0.05, 0.1) is 5.02 Å². The van der Waals surface area contributed by atoms with E-state index >= 15 is 0 Å². The molecule has 0 saturated carbocycles. The number of hydrogen-bond donors (Lipinski definition) is 0. The van der Waals surface area contributed by atoms with E-state index in [1.807, 2.05) is 4.90 Å². The van der Waals surface area contributed by atoms with Crippen LogP contribution in [0.3, 0.4) is 0 Å². The number of amides is 1. The number of carbonyl (C=O) groups is 1. The van der Waals surface area contributed by atoms with Gasteiger partial charge in [0.25, 0.3) is 5.91 Å². The van der Waals surface area contributed by atoms with Gasteiger partial charge in [-0.2, -0.15) is 4.31 Å². The van der Waals surface area contributed by atoms with Crippen molar-refractivity contribution in [1.29, 1.82) is 0 Å². The summed E-state index contributed by atoms with van der Waals surface area (Å²) in [5.41, 5.74) is 0.400. The van der Waals surface area contributed by atoms with Crippen LogP contribution in [0.2, 0.25) is 5.02 Å². The highest BCUT2D eigenvalue weighted by molar-refractivity contribution is 7.89. The summed E-state index contributed by atoms with van der Waals surface area (Å²) in [7, 11) is -3.68. The van der Waals surface area contributed by atoms with Crippen LogP contribution in [0.1, 0.15) is 55.8 Å². The van der Waals surface area contributed by atoms with Crippen molar-refractivity contribution in [2.45, 2.75) is 50.3 Å². The fraction of sp³-hybridized carbons (Fsp3) is 0.632. The van der Waals surface area contributed by atoms with Crippen molar-refractivity contribution in [3.8, 4) is 0 Å². The number of carbonyl (C=O) groups excluding carboxylic acids is 1. The number of rotatable bonds is 3. The first-order valence-electron chi connectivity index (χ1n) is 9.48. The zero-order valence-electron chi connectivity index (χ0n) is 15.3. The van der Waals surface area contributed by atoms with E-state index in [9.17, 15) is 13.2 Å². The van der Waals surface area contributed by atoms with Gasteiger partial charge < -0.3 is 4.90 Å². The third-order valence-electron chi connectivity index (χ3n) is 5.31. The lowest BCUT2D eigenvalue weighted by Crippen LogP contribution is -2.39. The van der Waals surface area contributed by atoms with Crippen LogP contribution < -0.4 is 0 Å². The molecule has 5 nitrogen and oxygen atoms in total. The predicted molar refractivity (Wildman–Crippen MR) is 103 cm³/mol. The molecule has 3 rings (SSSR count). The Morgan fingerprint density at radius 3 is 2.42 bits per heavy atom. The molecule has 0 N–H and O–H groups in total. The van der Waals surface area contributed by atoms with Gasteiger partial charge in [0.1, 0.15) is 4.90 Å². The van der Waals surface area contributed by atoms with Crippen molar-refractivity contribution in [3.05, 3.63) is 28.8 Å². The fourth-order valence-electron chi connectivity index (χ4n) is 3.81. The van der Waals surface area contributed by atoms with Crippen molar-refractivity contribution in [2.24, 2.45) is 5.92 Å². The SMILES string of the molecule is C[C@H]1CCCN(C(=O)c2ccc(Cl)c(S(=O)(=O)N3CCCCCC3)c2)C1. The van der Waals surface area contributed by atoms with Gasteiger partial charge in [-0.05, 0) is 49.8 Å². The van der Waals surface area contributed by atoms with Crippen LogP contribution in [0.15, 0.2) is 23.1 Å². The van der Waals surface area contributed by atoms with Gasteiger partial charge in [0.15, 0.2) is 0 Å². The summed E-state index contributed by atoms with van der Waals surface area (Å²) < 4.78 is 27.7. The quantitative estimate of drug-likeness (QED) is 0.778. The third-order valence-corrected chi connectivity index (χ3v) is 7.69. The summed E-state index contributed by atoms with van der Waals surface area (Å²) in [6, 6.07) is 4.63. The minimum Gasteiger partial charge on any atom is -0.338 e. The second kappa shape index (κ2) is 8.28. The molecule has 2 aliphatic rings. The predicted octanol–water partition coefficient (Wildman–Crippen LogP) is 3.78. The highest BCUT2D eigenvalue weighted by Gasteiger charge is 2.29. The number of benzene rings is 1. The summed E-state index contributed by atoms with van der Waals surface area (Å²) in [5, 5.41) is 0.179. The monoisotopic (exact) mass is 398 g/mol. The molecule has 7 heteroatoms. The molecule has 0 aliphatic carbocycles. The molecule has 1 amide bonds. The molecular weight excluding hydrogens is 372 g/mol. The third kappa shape index (κ3) is 4.24. The van der Waals surface area contributed by atoms with Crippen molar-refractivity contribution < 1.29 is 13.2 Å². The minimum atomic E-state index is -3.68. The topological polar surface area (TPSA) is 57.7 Å². The molecule has 2 saturated heterocycles. The van der Waals surface area contributed by atoms with Gasteiger partial charge in [0, 0.05) is 31.7 Å². The van der Waals surface area contributed by atoms with E-state index in [-0.39, 0.29) is 15.8 Å². The Bertz CT molecular complexity index is 758. The van der Waals surface area contributed by atoms with E-state index in [1.54, 1.807) is 6.07 Å². The number of nitrogens with zero attached hydrogens (tertiary/aromatic N) is 2. The second-order valence-electron chi connectivity index (χ2n) is 7.46. The van der Waals surface area contributed by atoms with Crippen LogP contribution in [0.25, 0.3) is 0 Å². The lowest BCUT2D eigenvalue weighted by atomic mass is 9.99. The lowest BCUT2D eigenvalue weighted by molar-refractivity contribution is 0.0683. The highest BCUT2D eigenvalue weighted by atomic mass is 35.5. The van der Waals surface area contributed by atoms with Crippen LogP contribution in [-0.4, -0.2) is 49.7 Å². The highest BCUT2D eigenvalue weighted by Crippen LogP contribution is 2.28. The molecule has 0 radical (unpaired) electrons. The van der Waals surface area contributed by atoms with E-state index in [2.05, 4.69) is 6.92 Å². The van der Waals surface area contributed by atoms with E-state index in [4.69, 9.17) is 11.6 Å². The average Bonchev–Trinajstić information content (AvgIpc) is 2.91. The molecule has 1 atom stereocenters. The summed E-state index contributed by atoms with van der Waals surface area (Å²) in [4.78, 5) is 14.7. The number of likely N-dealkylation sites (tertiary alicyclic amines) is 1. The molecule has 144 valence electrons. The van der Waals surface area contributed by atoms with Crippen LogP contribution in [0, 0.1) is 5.92 Å². The molecule has 2 aliphatic heterocycles. The summed E-state index contributed by atoms with van der Waals surface area (Å²) >= 11 is 6.22. The van der Waals surface area contributed by atoms with Gasteiger partial charge in [-0.25, -0.2) is 8.42 Å². The zero-order chi connectivity index (χ0) is 18.7. The van der Waals surface area contributed by atoms with Gasteiger partial charge in [-0.15, -0.1) is 0 Å². The summed E-state index contributed by atoms with van der Waals surface area (Å²) in [6.07, 6.45) is 5.93. The molecule has 0 aromatic heterocycles. The maximum Gasteiger partial charge on any atom is 0.253 e. The Labute approximate surface area is 161 Å². The fourth-order valence-corrected chi connectivity index (χ4v) is 5.83. The number of halogens is 1. The van der Waals surface area contributed by atoms with E-state index < -0.39 is 10.0 Å². The Morgan fingerprint density at radius 1 is 1.08 bits per heavy atom. The summed E-state index contributed by atoms with van der Waals surface area (Å²) in [5.74, 6) is 0.362. The van der Waals surface area contributed by atoms with E-state index in [0.29, 0.717) is 24.6 Å². The molecule has 2 fully saturated rings. The van der Waals surface area contributed by atoms with Gasteiger partial charge in [-0.3, -0.25) is 4.79 Å². The van der Waals surface area contributed by atoms with E-state index in [0.717, 1.165) is 51.6 Å². The van der Waals surface area contributed by atoms with E-state index in [1.165, 1.54) is 16.4 Å². The zero-order valence-corrected chi connectivity index (χ0v) is 16.9. The maximum absolute atomic E-state index is 13.1. The number of piperidine rings is 1. The summed E-state index contributed by atoms with van der Waals surface area (Å²) in [6.45, 7) is 4.60. The second-order valence-corrected chi connectivity index (χ2v) is 9.78. The molecule has 0 spiro atoms. The van der Waals surface area contributed by atoms with Crippen LogP contribution in [0.4, 0.5) is 0 Å². The number of sulfonamides is 1. The molecule has 0 bridgehead atoms. The largest absolute Gasteiger partial charge is 0.338 e. The first-order valence-corrected chi connectivity index (χ1v) is 11.3. The normalized spacial score (nSPS) is 22.8. The lowest BCUT2D eigenvalue weighted by Gasteiger charge is -2.31. The maximum atomic E-state index is 13.1. The van der Waals surface area contributed by atoms with Gasteiger partial charge in [0.2, 0.25) is 10.0 Å². The first kappa shape index (κ1) is 19.6. The Hall–Kier alpha value is -1.11. The number of hydrogen-bond acceptors (Lipinski definition) is 3. The molecule has 0 unspecified atom stereocenters. The molecule has 1 aromatic rings. The Kier molecular flexibility index (Phi) is 6.25. The van der Waals surface area contributed by atoms with Crippen LogP contribution in [-0.2, 0) is 10.0 Å². The molecule has 26 heavy (non-hydrogen) atoms. The van der Waals surface area contributed by atoms with Crippen molar-refractivity contribution in [2.75, 3.05) is 26.2 Å². The van der Waals surface area contributed by atoms with Crippen LogP contribution in [0.5, 0.6) is 0 Å². The van der Waals surface area contributed by atoms with Gasteiger partial charge >= 0.3 is 0 Å². The average molecular weight is 399 g/mol. The molecule has 2 heterocycles. The molecule has 1 aromatic carbocycles. The standard InChI is InChI=1S/C19H27ClN2O3S/c1-15-7-6-10-21(14-15)19(23)16-8-9-17(20)18(13-16)26(24,25)22-11-4-2-3-5-12-22/h8-9,13,15H,2-7,10-12,14H2,1H3/t15-/m0/s1. The van der Waals surface area contributed by atoms with Crippen molar-refractivity contribution in [1.82, 2.24) is 9.21 Å². The Morgan fingerprint density at radius 2 is 1.77 bits per heavy atom. The Balaban J connectivity index is 1.88. The van der Waals surface area contributed by atoms with Crippen LogP contribution >= 0.6 is 11.6 Å². The van der Waals surface area contributed by atoms with Crippen molar-refractivity contribution in [3.63, 3.8) is 0 Å². The smallest absolute Gasteiger partial charge is 0.253 e. The van der Waals surface area contributed by atoms with Gasteiger partial charge in [-0.1, -0.05) is 31.4 Å². The van der Waals surface area contributed by atoms with Crippen molar-refractivity contribution >= 4 is 27.5 Å². The minimum absolute atomic E-state index is 0.0528. The molecular formula is C19H27ClN2O3S. The first-order chi connectivity index (χ1) is 12.4.